The maximum absolute atomic E-state index is 5.95. The molecule has 0 spiro atoms. The summed E-state index contributed by atoms with van der Waals surface area (Å²) in [6.07, 6.45) is 2.01. The standard InChI is InChI=1S/C19H21N3OS/c1-11-6-5-9-22-17(13(3)18(20)24)16(21-19(11)22)14-7-8-15(23-4)12(2)10-14/h5-10,13H,1-4H3,(H2,20,24). The van der Waals surface area contributed by atoms with Crippen LogP contribution >= 0.6 is 12.2 Å². The van der Waals surface area contributed by atoms with E-state index in [0.29, 0.717) is 4.99 Å². The molecule has 0 fully saturated rings. The minimum Gasteiger partial charge on any atom is -0.496 e. The molecule has 0 saturated heterocycles. The van der Waals surface area contributed by atoms with Crippen LogP contribution in [0.4, 0.5) is 0 Å². The van der Waals surface area contributed by atoms with E-state index in [1.54, 1.807) is 7.11 Å². The lowest BCUT2D eigenvalue weighted by Crippen LogP contribution is -2.18. The van der Waals surface area contributed by atoms with Crippen molar-refractivity contribution < 1.29 is 4.74 Å². The van der Waals surface area contributed by atoms with Crippen molar-refractivity contribution >= 4 is 22.9 Å². The van der Waals surface area contributed by atoms with Crippen LogP contribution in [0.3, 0.4) is 0 Å². The number of aryl methyl sites for hydroxylation is 2. The van der Waals surface area contributed by atoms with Crippen molar-refractivity contribution in [3.8, 4) is 17.0 Å². The van der Waals surface area contributed by atoms with Gasteiger partial charge in [-0.2, -0.15) is 0 Å². The maximum Gasteiger partial charge on any atom is 0.140 e. The number of hydrogen-bond acceptors (Lipinski definition) is 3. The van der Waals surface area contributed by atoms with E-state index in [4.69, 9.17) is 27.7 Å². The smallest absolute Gasteiger partial charge is 0.140 e. The Hall–Kier alpha value is -2.40. The van der Waals surface area contributed by atoms with Gasteiger partial charge in [-0.1, -0.05) is 25.2 Å². The number of aromatic nitrogens is 2. The molecule has 5 heteroatoms. The predicted molar refractivity (Wildman–Crippen MR) is 102 cm³/mol. The van der Waals surface area contributed by atoms with Gasteiger partial charge in [-0.05, 0) is 49.2 Å². The molecule has 1 aromatic carbocycles. The van der Waals surface area contributed by atoms with Gasteiger partial charge in [0.15, 0.2) is 0 Å². The quantitative estimate of drug-likeness (QED) is 0.730. The van der Waals surface area contributed by atoms with Gasteiger partial charge >= 0.3 is 0 Å². The molecule has 0 amide bonds. The third-order valence-electron chi connectivity index (χ3n) is 4.39. The Labute approximate surface area is 147 Å². The van der Waals surface area contributed by atoms with Crippen molar-refractivity contribution in [2.24, 2.45) is 5.73 Å². The van der Waals surface area contributed by atoms with Crippen molar-refractivity contribution in [3.05, 3.63) is 53.3 Å². The summed E-state index contributed by atoms with van der Waals surface area (Å²) >= 11 is 5.25. The highest BCUT2D eigenvalue weighted by molar-refractivity contribution is 7.80. The molecule has 0 radical (unpaired) electrons. The van der Waals surface area contributed by atoms with Crippen molar-refractivity contribution in [2.45, 2.75) is 26.7 Å². The third-order valence-corrected chi connectivity index (χ3v) is 4.74. The highest BCUT2D eigenvalue weighted by Crippen LogP contribution is 2.33. The zero-order valence-electron chi connectivity index (χ0n) is 14.3. The number of imidazole rings is 1. The van der Waals surface area contributed by atoms with Crippen LogP contribution in [0.25, 0.3) is 16.9 Å². The molecule has 2 N–H and O–H groups in total. The van der Waals surface area contributed by atoms with Gasteiger partial charge in [-0.25, -0.2) is 4.98 Å². The van der Waals surface area contributed by atoms with E-state index in [1.165, 1.54) is 0 Å². The summed E-state index contributed by atoms with van der Waals surface area (Å²) in [7, 11) is 1.68. The minimum absolute atomic E-state index is 0.0748. The van der Waals surface area contributed by atoms with Crippen LogP contribution in [0.1, 0.15) is 29.7 Å². The maximum atomic E-state index is 5.95. The molecule has 124 valence electrons. The van der Waals surface area contributed by atoms with Gasteiger partial charge in [0.2, 0.25) is 0 Å². The number of nitrogens with zero attached hydrogens (tertiary/aromatic N) is 2. The summed E-state index contributed by atoms with van der Waals surface area (Å²) in [5, 5.41) is 0. The number of fused-ring (bicyclic) bond motifs is 1. The highest BCUT2D eigenvalue weighted by Gasteiger charge is 2.22. The molecule has 24 heavy (non-hydrogen) atoms. The van der Waals surface area contributed by atoms with Crippen LogP contribution in [0.15, 0.2) is 36.5 Å². The van der Waals surface area contributed by atoms with E-state index in [1.807, 2.05) is 38.2 Å². The first kappa shape index (κ1) is 16.5. The molecular formula is C19H21N3OS. The van der Waals surface area contributed by atoms with Gasteiger partial charge in [-0.15, -0.1) is 0 Å². The number of pyridine rings is 1. The molecule has 0 aliphatic rings. The fraction of sp³-hybridized carbons (Fsp3) is 0.263. The molecule has 2 heterocycles. The fourth-order valence-electron chi connectivity index (χ4n) is 3.01. The number of rotatable bonds is 4. The minimum atomic E-state index is -0.0748. The molecule has 1 atom stereocenters. The summed E-state index contributed by atoms with van der Waals surface area (Å²) in [5.41, 5.74) is 12.0. The van der Waals surface area contributed by atoms with E-state index < -0.39 is 0 Å². The summed E-state index contributed by atoms with van der Waals surface area (Å²) in [6.45, 7) is 6.11. The Bertz CT molecular complexity index is 930. The second-order valence-electron chi connectivity index (χ2n) is 6.04. The lowest BCUT2D eigenvalue weighted by atomic mass is 10.00. The Morgan fingerprint density at radius 2 is 2.00 bits per heavy atom. The number of hydrogen-bond donors (Lipinski definition) is 1. The van der Waals surface area contributed by atoms with Crippen molar-refractivity contribution in [1.82, 2.24) is 9.38 Å². The van der Waals surface area contributed by atoms with Crippen LogP contribution in [-0.4, -0.2) is 21.5 Å². The Balaban J connectivity index is 2.31. The van der Waals surface area contributed by atoms with Crippen LogP contribution in [-0.2, 0) is 0 Å². The molecule has 3 rings (SSSR count). The van der Waals surface area contributed by atoms with Crippen LogP contribution in [0, 0.1) is 13.8 Å². The summed E-state index contributed by atoms with van der Waals surface area (Å²) in [4.78, 5) is 5.35. The Morgan fingerprint density at radius 3 is 2.62 bits per heavy atom. The molecule has 2 aromatic heterocycles. The second kappa shape index (κ2) is 6.24. The van der Waals surface area contributed by atoms with Gasteiger partial charge in [0, 0.05) is 17.7 Å². The van der Waals surface area contributed by atoms with E-state index in [0.717, 1.165) is 39.5 Å². The van der Waals surface area contributed by atoms with Gasteiger partial charge in [0.05, 0.1) is 23.5 Å². The lowest BCUT2D eigenvalue weighted by molar-refractivity contribution is 0.412. The van der Waals surface area contributed by atoms with Gasteiger partial charge in [0.1, 0.15) is 11.4 Å². The topological polar surface area (TPSA) is 52.5 Å². The summed E-state index contributed by atoms with van der Waals surface area (Å²) in [6, 6.07) is 10.2. The van der Waals surface area contributed by atoms with Crippen LogP contribution in [0.2, 0.25) is 0 Å². The van der Waals surface area contributed by atoms with Crippen LogP contribution < -0.4 is 10.5 Å². The Morgan fingerprint density at radius 1 is 1.25 bits per heavy atom. The number of benzene rings is 1. The monoisotopic (exact) mass is 339 g/mol. The van der Waals surface area contributed by atoms with Crippen molar-refractivity contribution in [3.63, 3.8) is 0 Å². The molecule has 1 unspecified atom stereocenters. The highest BCUT2D eigenvalue weighted by atomic mass is 32.1. The molecule has 3 aromatic rings. The average Bonchev–Trinajstić information content (AvgIpc) is 2.94. The molecule has 4 nitrogen and oxygen atoms in total. The third kappa shape index (κ3) is 2.65. The lowest BCUT2D eigenvalue weighted by Gasteiger charge is -2.13. The summed E-state index contributed by atoms with van der Waals surface area (Å²) < 4.78 is 7.45. The van der Waals surface area contributed by atoms with Gasteiger partial charge in [-0.3, -0.25) is 0 Å². The van der Waals surface area contributed by atoms with Crippen molar-refractivity contribution in [2.75, 3.05) is 7.11 Å². The fourth-order valence-corrected chi connectivity index (χ4v) is 3.12. The van der Waals surface area contributed by atoms with E-state index in [2.05, 4.69) is 23.5 Å². The summed E-state index contributed by atoms with van der Waals surface area (Å²) in [5.74, 6) is 0.789. The molecule has 0 aliphatic carbocycles. The van der Waals surface area contributed by atoms with E-state index in [-0.39, 0.29) is 5.92 Å². The molecular weight excluding hydrogens is 318 g/mol. The zero-order chi connectivity index (χ0) is 17.4. The molecule has 0 aliphatic heterocycles. The Kier molecular flexibility index (Phi) is 4.28. The average molecular weight is 339 g/mol. The zero-order valence-corrected chi connectivity index (χ0v) is 15.1. The number of thiocarbonyl (C=S) groups is 1. The predicted octanol–water partition coefficient (Wildman–Crippen LogP) is 4.02. The second-order valence-corrected chi connectivity index (χ2v) is 6.51. The number of methoxy groups -OCH3 is 1. The SMILES string of the molecule is COc1ccc(-c2nc3c(C)cccn3c2C(C)C(N)=S)cc1C. The van der Waals surface area contributed by atoms with Crippen molar-refractivity contribution in [1.29, 1.82) is 0 Å². The largest absolute Gasteiger partial charge is 0.496 e. The first-order valence-corrected chi connectivity index (χ1v) is 8.26. The van der Waals surface area contributed by atoms with E-state index >= 15 is 0 Å². The van der Waals surface area contributed by atoms with Gasteiger partial charge in [0.25, 0.3) is 0 Å². The molecule has 0 bridgehead atoms. The van der Waals surface area contributed by atoms with E-state index in [9.17, 15) is 0 Å². The van der Waals surface area contributed by atoms with Crippen LogP contribution in [0.5, 0.6) is 5.75 Å². The number of nitrogens with two attached hydrogens (primary N) is 1. The normalized spacial score (nSPS) is 12.3. The van der Waals surface area contributed by atoms with Gasteiger partial charge < -0.3 is 14.9 Å². The number of ether oxygens (including phenoxy) is 1. The molecule has 0 saturated carbocycles. The first-order chi connectivity index (χ1) is 11.4. The first-order valence-electron chi connectivity index (χ1n) is 7.86.